The Kier molecular flexibility index (Phi) is 5.01. The maximum absolute atomic E-state index is 13.5. The molecule has 154 valence electrons. The number of fused-ring (bicyclic) bond motifs is 4. The highest BCUT2D eigenvalue weighted by Crippen LogP contribution is 2.39. The van der Waals surface area contributed by atoms with Gasteiger partial charge in [-0.15, -0.1) is 0 Å². The molecule has 0 atom stereocenters. The van der Waals surface area contributed by atoms with E-state index < -0.39 is 10.0 Å². The zero-order chi connectivity index (χ0) is 19.9. The molecule has 6 rings (SSSR count). The van der Waals surface area contributed by atoms with Gasteiger partial charge in [-0.05, 0) is 67.2 Å². The Morgan fingerprint density at radius 1 is 0.897 bits per heavy atom. The number of benzene rings is 2. The molecule has 5 heteroatoms. The van der Waals surface area contributed by atoms with Gasteiger partial charge in [0.05, 0.1) is 18.1 Å². The quantitative estimate of drug-likeness (QED) is 0.747. The maximum Gasteiger partial charge on any atom is 0.243 e. The first-order valence-electron chi connectivity index (χ1n) is 10.8. The minimum atomic E-state index is -3.46. The first kappa shape index (κ1) is 19.3. The van der Waals surface area contributed by atoms with Crippen molar-refractivity contribution >= 4 is 10.0 Å². The van der Waals surface area contributed by atoms with Gasteiger partial charge in [0, 0.05) is 18.5 Å². The lowest BCUT2D eigenvalue weighted by Gasteiger charge is -2.42. The monoisotopic (exact) mass is 411 g/mol. The van der Waals surface area contributed by atoms with Crippen molar-refractivity contribution in [2.24, 2.45) is 11.8 Å². The summed E-state index contributed by atoms with van der Waals surface area (Å²) in [4.78, 5) is 0.440. The van der Waals surface area contributed by atoms with Crippen LogP contribution < -0.4 is 0 Å². The van der Waals surface area contributed by atoms with Crippen LogP contribution in [0.2, 0.25) is 0 Å². The number of hydrogen-bond acceptors (Lipinski definition) is 3. The molecule has 4 nitrogen and oxygen atoms in total. The van der Waals surface area contributed by atoms with Gasteiger partial charge in [-0.1, -0.05) is 42.5 Å². The molecule has 0 unspecified atom stereocenters. The van der Waals surface area contributed by atoms with E-state index in [0.29, 0.717) is 43.0 Å². The second kappa shape index (κ2) is 7.53. The minimum absolute atomic E-state index is 0.134. The summed E-state index contributed by atoms with van der Waals surface area (Å²) in [5.74, 6) is 1.05. The topological polar surface area (TPSA) is 46.6 Å². The summed E-state index contributed by atoms with van der Waals surface area (Å²) < 4.78 is 34.4. The van der Waals surface area contributed by atoms with Crippen LogP contribution in [-0.2, 0) is 26.6 Å². The fourth-order valence-corrected chi connectivity index (χ4v) is 6.92. The van der Waals surface area contributed by atoms with E-state index in [2.05, 4.69) is 30.3 Å². The highest BCUT2D eigenvalue weighted by atomic mass is 32.2. The zero-order valence-electron chi connectivity index (χ0n) is 16.8. The van der Waals surface area contributed by atoms with Gasteiger partial charge in [-0.25, -0.2) is 8.42 Å². The highest BCUT2D eigenvalue weighted by Gasteiger charge is 2.41. The average molecular weight is 412 g/mol. The smallest absolute Gasteiger partial charge is 0.243 e. The molecule has 1 saturated carbocycles. The molecule has 0 aromatic heterocycles. The van der Waals surface area contributed by atoms with Crippen molar-refractivity contribution in [3.8, 4) is 0 Å². The van der Waals surface area contributed by atoms with Crippen molar-refractivity contribution in [3.63, 3.8) is 0 Å². The number of ether oxygens (including phenoxy) is 1. The first-order chi connectivity index (χ1) is 14.1. The van der Waals surface area contributed by atoms with Gasteiger partial charge in [-0.2, -0.15) is 4.31 Å². The second-order valence-electron chi connectivity index (χ2n) is 9.17. The molecule has 29 heavy (non-hydrogen) atoms. The van der Waals surface area contributed by atoms with Crippen molar-refractivity contribution in [2.45, 2.75) is 42.4 Å². The maximum atomic E-state index is 13.5. The van der Waals surface area contributed by atoms with Crippen molar-refractivity contribution in [1.29, 1.82) is 0 Å². The summed E-state index contributed by atoms with van der Waals surface area (Å²) in [5.41, 5.74) is 2.20. The summed E-state index contributed by atoms with van der Waals surface area (Å²) in [6.45, 7) is 2.64. The predicted octanol–water partition coefficient (Wildman–Crippen LogP) is 4.01. The second-order valence-corrected chi connectivity index (χ2v) is 11.1. The molecule has 1 aliphatic carbocycles. The van der Waals surface area contributed by atoms with E-state index in [4.69, 9.17) is 4.74 Å². The third-order valence-corrected chi connectivity index (χ3v) is 8.94. The van der Waals surface area contributed by atoms with Crippen LogP contribution in [0.3, 0.4) is 0 Å². The van der Waals surface area contributed by atoms with Crippen LogP contribution in [0.4, 0.5) is 0 Å². The summed E-state index contributed by atoms with van der Waals surface area (Å²) in [7, 11) is -3.46. The van der Waals surface area contributed by atoms with Crippen LogP contribution in [0.5, 0.6) is 0 Å². The highest BCUT2D eigenvalue weighted by molar-refractivity contribution is 7.89. The van der Waals surface area contributed by atoms with Crippen LogP contribution in [0.15, 0.2) is 59.5 Å². The molecule has 3 aliphatic heterocycles. The van der Waals surface area contributed by atoms with Crippen LogP contribution in [0, 0.1) is 11.8 Å². The van der Waals surface area contributed by atoms with Crippen molar-refractivity contribution < 1.29 is 13.2 Å². The van der Waals surface area contributed by atoms with Gasteiger partial charge in [0.15, 0.2) is 0 Å². The molecule has 2 aromatic carbocycles. The normalized spacial score (nSPS) is 26.6. The van der Waals surface area contributed by atoms with Crippen molar-refractivity contribution in [3.05, 3.63) is 65.7 Å². The molecule has 4 aliphatic rings. The van der Waals surface area contributed by atoms with Gasteiger partial charge < -0.3 is 4.74 Å². The average Bonchev–Trinajstić information content (AvgIpc) is 3.06. The Labute approximate surface area is 173 Å². The fourth-order valence-electron chi connectivity index (χ4n) is 5.28. The lowest BCUT2D eigenvalue weighted by Crippen LogP contribution is -2.48. The first-order valence-corrected chi connectivity index (χ1v) is 12.2. The molecular weight excluding hydrogens is 382 g/mol. The Morgan fingerprint density at radius 2 is 1.55 bits per heavy atom. The van der Waals surface area contributed by atoms with Crippen LogP contribution in [-0.4, -0.2) is 39.0 Å². The van der Waals surface area contributed by atoms with E-state index in [1.54, 1.807) is 10.4 Å². The Balaban J connectivity index is 1.44. The van der Waals surface area contributed by atoms with Gasteiger partial charge in [0.1, 0.15) is 0 Å². The lowest BCUT2D eigenvalue weighted by atomic mass is 9.74. The van der Waals surface area contributed by atoms with Gasteiger partial charge >= 0.3 is 0 Å². The molecule has 2 bridgehead atoms. The summed E-state index contributed by atoms with van der Waals surface area (Å²) >= 11 is 0. The van der Waals surface area contributed by atoms with E-state index in [-0.39, 0.29) is 5.41 Å². The molecule has 3 heterocycles. The molecule has 0 spiro atoms. The zero-order valence-corrected chi connectivity index (χ0v) is 17.6. The van der Waals surface area contributed by atoms with Gasteiger partial charge in [0.2, 0.25) is 10.0 Å². The summed E-state index contributed by atoms with van der Waals surface area (Å²) in [6.07, 6.45) is 5.57. The Hall–Kier alpha value is -1.69. The third kappa shape index (κ3) is 3.65. The summed E-state index contributed by atoms with van der Waals surface area (Å²) in [5, 5.41) is 0. The van der Waals surface area contributed by atoms with Crippen LogP contribution in [0.25, 0.3) is 0 Å². The van der Waals surface area contributed by atoms with E-state index in [9.17, 15) is 8.42 Å². The van der Waals surface area contributed by atoms with E-state index in [1.807, 2.05) is 18.2 Å². The molecule has 0 amide bonds. The van der Waals surface area contributed by atoms with Gasteiger partial charge in [-0.3, -0.25) is 0 Å². The van der Waals surface area contributed by atoms with E-state index in [1.165, 1.54) is 31.2 Å². The number of rotatable bonds is 5. The number of nitrogens with zero attached hydrogens (tertiary/aromatic N) is 1. The standard InChI is InChI=1S/C24H29NO3S/c26-29(27,25-15-20-9-10-21(16-25)12-11-20)23-8-4-7-22(13-23)24(17-28-18-24)14-19-5-2-1-3-6-19/h1-8,13,20-21H,9-12,14-18H2. The predicted molar refractivity (Wildman–Crippen MR) is 113 cm³/mol. The van der Waals surface area contributed by atoms with Gasteiger partial charge in [0.25, 0.3) is 0 Å². The molecule has 0 N–H and O–H groups in total. The molecule has 3 saturated heterocycles. The third-order valence-electron chi connectivity index (χ3n) is 7.12. The number of sulfonamides is 1. The van der Waals surface area contributed by atoms with Crippen molar-refractivity contribution in [1.82, 2.24) is 4.31 Å². The molecule has 0 radical (unpaired) electrons. The molecule has 4 fully saturated rings. The van der Waals surface area contributed by atoms with E-state index in [0.717, 1.165) is 12.0 Å². The SMILES string of the molecule is O=S(=O)(c1cccc(C2(Cc3ccccc3)COC2)c1)N1CC2CCC(CC2)C1. The van der Waals surface area contributed by atoms with Crippen LogP contribution in [0.1, 0.15) is 36.8 Å². The lowest BCUT2D eigenvalue weighted by molar-refractivity contribution is -0.0600. The largest absolute Gasteiger partial charge is 0.379 e. The van der Waals surface area contributed by atoms with Crippen molar-refractivity contribution in [2.75, 3.05) is 26.3 Å². The molecular formula is C24H29NO3S. The summed E-state index contributed by atoms with van der Waals surface area (Å²) in [6, 6.07) is 18.0. The number of hydrogen-bond donors (Lipinski definition) is 0. The molecule has 2 aromatic rings. The Bertz CT molecular complexity index is 947. The van der Waals surface area contributed by atoms with E-state index >= 15 is 0 Å². The Morgan fingerprint density at radius 3 is 2.14 bits per heavy atom. The fraction of sp³-hybridized carbons (Fsp3) is 0.500. The van der Waals surface area contributed by atoms with Crippen LogP contribution >= 0.6 is 0 Å². The minimum Gasteiger partial charge on any atom is -0.379 e.